The largest absolute Gasteiger partial charge is 0.462 e. The van der Waals surface area contributed by atoms with E-state index < -0.39 is 18.0 Å². The van der Waals surface area contributed by atoms with Crippen molar-refractivity contribution in [2.75, 3.05) is 56.2 Å². The molecule has 1 N–H and O–H groups in total. The molecule has 0 spiro atoms. The van der Waals surface area contributed by atoms with Crippen LogP contribution in [-0.2, 0) is 19.1 Å². The number of halogens is 3. The minimum absolute atomic E-state index is 0.0643. The number of likely N-dealkylation sites (N-methyl/N-ethyl adjacent to an activating group) is 1. The van der Waals surface area contributed by atoms with Crippen molar-refractivity contribution in [3.8, 4) is 12.1 Å². The van der Waals surface area contributed by atoms with Gasteiger partial charge in [0, 0.05) is 56.2 Å². The van der Waals surface area contributed by atoms with Gasteiger partial charge in [-0.1, -0.05) is 6.58 Å². The van der Waals surface area contributed by atoms with E-state index in [0.717, 1.165) is 31.1 Å². The van der Waals surface area contributed by atoms with Gasteiger partial charge in [0.25, 0.3) is 0 Å². The standard InChI is InChI=1S/C28H35F3N8O2/c1-3-25(40)39-14-13-38(16-19(39)6-9-32)26-21-8-12-37(24-7-10-33-15-22(24)28(29,30)31)17-23(21)34-27(35-26)41-18-20-5-4-11-36(20)2/h3,7,10,15,19-20,25,40H,1,4-6,8,11-14,16-18H2,2H3/t19?,20-,25?/m0/s1. The molecule has 0 aliphatic carbocycles. The van der Waals surface area contributed by atoms with Crippen LogP contribution in [0.4, 0.5) is 24.7 Å². The number of aromatic nitrogens is 3. The molecular formula is C28H35F3N8O2. The Balaban J connectivity index is 1.47. The van der Waals surface area contributed by atoms with Gasteiger partial charge in [-0.15, -0.1) is 0 Å². The van der Waals surface area contributed by atoms with Gasteiger partial charge in [-0.05, 0) is 45.0 Å². The predicted molar refractivity (Wildman–Crippen MR) is 146 cm³/mol. The first-order valence-electron chi connectivity index (χ1n) is 13.9. The van der Waals surface area contributed by atoms with Gasteiger partial charge in [0.2, 0.25) is 0 Å². The van der Waals surface area contributed by atoms with Crippen molar-refractivity contribution in [3.63, 3.8) is 0 Å². The third-order valence-corrected chi connectivity index (χ3v) is 8.25. The van der Waals surface area contributed by atoms with Gasteiger partial charge < -0.3 is 24.5 Å². The summed E-state index contributed by atoms with van der Waals surface area (Å²) in [7, 11) is 2.05. The summed E-state index contributed by atoms with van der Waals surface area (Å²) >= 11 is 0. The highest BCUT2D eigenvalue weighted by molar-refractivity contribution is 5.58. The highest BCUT2D eigenvalue weighted by Crippen LogP contribution is 2.39. The number of pyridine rings is 1. The van der Waals surface area contributed by atoms with Crippen LogP contribution in [0.15, 0.2) is 31.1 Å². The van der Waals surface area contributed by atoms with E-state index in [1.54, 1.807) is 4.90 Å². The van der Waals surface area contributed by atoms with Gasteiger partial charge >= 0.3 is 12.2 Å². The normalized spacial score (nSPS) is 22.7. The molecule has 0 saturated carbocycles. The average Bonchev–Trinajstić information content (AvgIpc) is 3.39. The molecule has 220 valence electrons. The molecule has 3 aliphatic rings. The number of aliphatic hydroxyl groups excluding tert-OH is 1. The SMILES string of the molecule is C=CC(O)N1CCN(c2nc(OC[C@@H]3CCCN3C)nc3c2CCN(c2ccncc2C(F)(F)F)C3)CC1CC#N. The quantitative estimate of drug-likeness (QED) is 0.475. The van der Waals surface area contributed by atoms with Crippen molar-refractivity contribution >= 4 is 11.5 Å². The van der Waals surface area contributed by atoms with E-state index in [1.807, 2.05) is 4.90 Å². The maximum atomic E-state index is 13.8. The minimum atomic E-state index is -4.53. The van der Waals surface area contributed by atoms with E-state index in [-0.39, 0.29) is 36.7 Å². The van der Waals surface area contributed by atoms with Gasteiger partial charge in [-0.25, -0.2) is 0 Å². The third kappa shape index (κ3) is 6.24. The number of rotatable bonds is 8. The molecule has 2 saturated heterocycles. The fourth-order valence-corrected chi connectivity index (χ4v) is 5.99. The zero-order chi connectivity index (χ0) is 29.1. The van der Waals surface area contributed by atoms with Crippen LogP contribution in [0.3, 0.4) is 0 Å². The number of anilines is 2. The number of fused-ring (bicyclic) bond motifs is 1. The van der Waals surface area contributed by atoms with Gasteiger partial charge in [0.15, 0.2) is 0 Å². The molecule has 2 aromatic rings. The number of ether oxygens (including phenoxy) is 1. The van der Waals surface area contributed by atoms with Crippen molar-refractivity contribution in [1.29, 1.82) is 5.26 Å². The Labute approximate surface area is 237 Å². The summed E-state index contributed by atoms with van der Waals surface area (Å²) in [5, 5.41) is 19.9. The van der Waals surface area contributed by atoms with Crippen molar-refractivity contribution < 1.29 is 23.0 Å². The summed E-state index contributed by atoms with van der Waals surface area (Å²) in [4.78, 5) is 21.1. The van der Waals surface area contributed by atoms with Crippen LogP contribution in [0.25, 0.3) is 0 Å². The van der Waals surface area contributed by atoms with Crippen LogP contribution in [-0.4, -0.2) is 94.5 Å². The lowest BCUT2D eigenvalue weighted by atomic mass is 10.0. The molecule has 5 heterocycles. The Morgan fingerprint density at radius 2 is 2.05 bits per heavy atom. The Hall–Kier alpha value is -3.47. The summed E-state index contributed by atoms with van der Waals surface area (Å²) < 4.78 is 47.5. The number of nitrogens with zero attached hydrogens (tertiary/aromatic N) is 8. The highest BCUT2D eigenvalue weighted by Gasteiger charge is 2.37. The second kappa shape index (κ2) is 12.2. The first-order valence-corrected chi connectivity index (χ1v) is 13.9. The molecule has 2 unspecified atom stereocenters. The summed E-state index contributed by atoms with van der Waals surface area (Å²) in [6, 6.07) is 3.78. The second-order valence-electron chi connectivity index (χ2n) is 10.8. The van der Waals surface area contributed by atoms with Crippen molar-refractivity contribution in [1.82, 2.24) is 24.8 Å². The molecule has 10 nitrogen and oxygen atoms in total. The molecule has 0 bridgehead atoms. The lowest BCUT2D eigenvalue weighted by Crippen LogP contribution is -2.56. The lowest BCUT2D eigenvalue weighted by Gasteiger charge is -2.43. The van der Waals surface area contributed by atoms with Gasteiger partial charge in [0.1, 0.15) is 18.7 Å². The van der Waals surface area contributed by atoms with E-state index in [4.69, 9.17) is 14.7 Å². The van der Waals surface area contributed by atoms with Crippen LogP contribution in [0.5, 0.6) is 6.01 Å². The van der Waals surface area contributed by atoms with E-state index in [1.165, 1.54) is 18.3 Å². The fraction of sp³-hybridized carbons (Fsp3) is 0.571. The summed E-state index contributed by atoms with van der Waals surface area (Å²) in [5.41, 5.74) is 0.762. The molecule has 3 atom stereocenters. The third-order valence-electron chi connectivity index (χ3n) is 8.25. The van der Waals surface area contributed by atoms with Gasteiger partial charge in [-0.3, -0.25) is 9.88 Å². The second-order valence-corrected chi connectivity index (χ2v) is 10.8. The summed E-state index contributed by atoms with van der Waals surface area (Å²) in [6.07, 6.45) is 1.01. The maximum Gasteiger partial charge on any atom is 0.419 e. The van der Waals surface area contributed by atoms with Crippen LogP contribution in [0, 0.1) is 11.3 Å². The van der Waals surface area contributed by atoms with E-state index in [9.17, 15) is 23.5 Å². The number of piperazine rings is 1. The number of nitriles is 1. The van der Waals surface area contributed by atoms with Gasteiger partial charge in [-0.2, -0.15) is 28.4 Å². The number of hydrogen-bond donors (Lipinski definition) is 1. The molecule has 2 aromatic heterocycles. The summed E-state index contributed by atoms with van der Waals surface area (Å²) in [5.74, 6) is 0.672. The van der Waals surface area contributed by atoms with Crippen LogP contribution < -0.4 is 14.5 Å². The minimum Gasteiger partial charge on any atom is -0.462 e. The zero-order valence-corrected chi connectivity index (χ0v) is 23.1. The van der Waals surface area contributed by atoms with Crippen LogP contribution in [0.1, 0.15) is 36.1 Å². The van der Waals surface area contributed by atoms with Crippen LogP contribution >= 0.6 is 0 Å². The van der Waals surface area contributed by atoms with Gasteiger partial charge in [0.05, 0.1) is 36.0 Å². The average molecular weight is 573 g/mol. The smallest absolute Gasteiger partial charge is 0.419 e. The summed E-state index contributed by atoms with van der Waals surface area (Å²) in [6.45, 7) is 7.06. The first-order chi connectivity index (χ1) is 19.7. The van der Waals surface area contributed by atoms with Crippen molar-refractivity contribution in [3.05, 3.63) is 47.9 Å². The number of aliphatic hydroxyl groups is 1. The Morgan fingerprint density at radius 1 is 1.22 bits per heavy atom. The van der Waals surface area contributed by atoms with Crippen molar-refractivity contribution in [2.24, 2.45) is 0 Å². The molecule has 41 heavy (non-hydrogen) atoms. The van der Waals surface area contributed by atoms with E-state index >= 15 is 0 Å². The van der Waals surface area contributed by atoms with Crippen molar-refractivity contribution in [2.45, 2.75) is 56.7 Å². The number of alkyl halides is 3. The van der Waals surface area contributed by atoms with Crippen LogP contribution in [0.2, 0.25) is 0 Å². The number of hydrogen-bond acceptors (Lipinski definition) is 10. The Morgan fingerprint density at radius 3 is 2.76 bits per heavy atom. The monoisotopic (exact) mass is 572 g/mol. The molecule has 0 radical (unpaired) electrons. The molecule has 2 fully saturated rings. The Bertz CT molecular complexity index is 1290. The predicted octanol–water partition coefficient (Wildman–Crippen LogP) is 2.83. The molecular weight excluding hydrogens is 537 g/mol. The number of likely N-dealkylation sites (tertiary alicyclic amines) is 1. The maximum absolute atomic E-state index is 13.8. The molecule has 5 rings (SSSR count). The molecule has 0 aromatic carbocycles. The Kier molecular flexibility index (Phi) is 8.63. The lowest BCUT2D eigenvalue weighted by molar-refractivity contribution is -0.137. The highest BCUT2D eigenvalue weighted by atomic mass is 19.4. The molecule has 0 amide bonds. The van der Waals surface area contributed by atoms with E-state index in [0.29, 0.717) is 50.7 Å². The zero-order valence-electron chi connectivity index (χ0n) is 23.1. The van der Waals surface area contributed by atoms with E-state index in [2.05, 4.69) is 34.5 Å². The topological polar surface area (TPSA) is 105 Å². The fourth-order valence-electron chi connectivity index (χ4n) is 5.99. The molecule has 13 heteroatoms. The molecule has 3 aliphatic heterocycles. The first kappa shape index (κ1) is 29.0.